The molecule has 17 heavy (non-hydrogen) atoms. The number of nitro benzene ring substituents is 1. The molecule has 8 heteroatoms. The molecule has 1 heterocycles. The molecule has 0 N–H and O–H groups in total. The molecule has 0 amide bonds. The van der Waals surface area contributed by atoms with E-state index in [1.54, 1.807) is 0 Å². The van der Waals surface area contributed by atoms with Crippen LogP contribution in [-0.2, 0) is 5.88 Å². The fourth-order valence-electron chi connectivity index (χ4n) is 1.25. The average Bonchev–Trinajstić information content (AvgIpc) is 2.77. The van der Waals surface area contributed by atoms with Gasteiger partial charge in [0.05, 0.1) is 10.8 Å². The van der Waals surface area contributed by atoms with E-state index in [-0.39, 0.29) is 33.9 Å². The minimum absolute atomic E-state index is 0.0454. The number of nitro groups is 1. The summed E-state index contributed by atoms with van der Waals surface area (Å²) in [6.45, 7) is 0. The monoisotopic (exact) mass is 273 g/mol. The summed E-state index contributed by atoms with van der Waals surface area (Å²) in [6.07, 6.45) is 0. The van der Waals surface area contributed by atoms with Gasteiger partial charge in [-0.05, 0) is 12.1 Å². The lowest BCUT2D eigenvalue weighted by Crippen LogP contribution is -1.92. The molecule has 0 aliphatic rings. The van der Waals surface area contributed by atoms with Crippen LogP contribution in [0, 0.1) is 10.1 Å². The SMILES string of the molecule is O=[N+]([O-])c1cc(Cl)ccc1-c1nc(CCl)no1. The molecule has 2 aromatic rings. The minimum atomic E-state index is -0.564. The number of nitrogens with zero attached hydrogens (tertiary/aromatic N) is 3. The van der Waals surface area contributed by atoms with E-state index in [0.717, 1.165) is 0 Å². The van der Waals surface area contributed by atoms with E-state index in [1.165, 1.54) is 18.2 Å². The molecule has 0 bridgehead atoms. The molecule has 0 aliphatic heterocycles. The molecule has 1 aromatic carbocycles. The molecule has 0 saturated heterocycles. The quantitative estimate of drug-likeness (QED) is 0.488. The lowest BCUT2D eigenvalue weighted by atomic mass is 10.2. The Morgan fingerprint density at radius 2 is 2.24 bits per heavy atom. The largest absolute Gasteiger partial charge is 0.334 e. The predicted molar refractivity (Wildman–Crippen MR) is 61.0 cm³/mol. The number of aromatic nitrogens is 2. The van der Waals surface area contributed by atoms with Gasteiger partial charge in [0.2, 0.25) is 0 Å². The Bertz CT molecular complexity index is 570. The Kier molecular flexibility index (Phi) is 3.26. The van der Waals surface area contributed by atoms with E-state index in [2.05, 4.69) is 10.1 Å². The molecule has 0 unspecified atom stereocenters. The summed E-state index contributed by atoms with van der Waals surface area (Å²) in [5.74, 6) is 0.389. The van der Waals surface area contributed by atoms with Crippen LogP contribution in [0.25, 0.3) is 11.5 Å². The Hall–Kier alpha value is -1.66. The van der Waals surface area contributed by atoms with Crippen LogP contribution in [-0.4, -0.2) is 15.1 Å². The first kappa shape index (κ1) is 11.8. The first-order valence-corrected chi connectivity index (χ1v) is 5.36. The lowest BCUT2D eigenvalue weighted by molar-refractivity contribution is -0.384. The van der Waals surface area contributed by atoms with Gasteiger partial charge in [0.1, 0.15) is 5.56 Å². The molecule has 0 spiro atoms. The second kappa shape index (κ2) is 4.68. The summed E-state index contributed by atoms with van der Waals surface area (Å²) in [5.41, 5.74) is 0.0190. The highest BCUT2D eigenvalue weighted by Gasteiger charge is 2.20. The maximum absolute atomic E-state index is 10.9. The van der Waals surface area contributed by atoms with Gasteiger partial charge >= 0.3 is 0 Å². The fraction of sp³-hybridized carbons (Fsp3) is 0.111. The van der Waals surface area contributed by atoms with Gasteiger partial charge in [-0.3, -0.25) is 10.1 Å². The summed E-state index contributed by atoms with van der Waals surface area (Å²) < 4.78 is 4.88. The third kappa shape index (κ3) is 2.37. The smallest absolute Gasteiger partial charge is 0.283 e. The summed E-state index contributed by atoms with van der Waals surface area (Å²) in [4.78, 5) is 14.2. The average molecular weight is 274 g/mol. The van der Waals surface area contributed by atoms with Gasteiger partial charge in [-0.1, -0.05) is 16.8 Å². The first-order chi connectivity index (χ1) is 8.11. The van der Waals surface area contributed by atoms with Crippen LogP contribution in [0.5, 0.6) is 0 Å². The summed E-state index contributed by atoms with van der Waals surface area (Å²) >= 11 is 11.2. The topological polar surface area (TPSA) is 82.1 Å². The standard InChI is InChI=1S/C9H5Cl2N3O3/c10-4-8-12-9(17-13-8)6-2-1-5(11)3-7(6)14(15)16/h1-3H,4H2. The van der Waals surface area contributed by atoms with E-state index in [9.17, 15) is 10.1 Å². The molecule has 0 aliphatic carbocycles. The molecule has 6 nitrogen and oxygen atoms in total. The van der Waals surface area contributed by atoms with E-state index in [1.807, 2.05) is 0 Å². The second-order valence-corrected chi connectivity index (χ2v) is 3.77. The van der Waals surface area contributed by atoms with Gasteiger partial charge in [-0.2, -0.15) is 4.98 Å². The van der Waals surface area contributed by atoms with E-state index in [0.29, 0.717) is 0 Å². The molecule has 2 rings (SSSR count). The van der Waals surface area contributed by atoms with E-state index < -0.39 is 4.92 Å². The Labute approximate surface area is 105 Å². The summed E-state index contributed by atoms with van der Waals surface area (Å²) in [7, 11) is 0. The van der Waals surface area contributed by atoms with Crippen molar-refractivity contribution in [3.63, 3.8) is 0 Å². The van der Waals surface area contributed by atoms with Crippen LogP contribution in [0.3, 0.4) is 0 Å². The zero-order valence-corrected chi connectivity index (χ0v) is 9.77. The van der Waals surface area contributed by atoms with Crippen molar-refractivity contribution in [2.45, 2.75) is 5.88 Å². The van der Waals surface area contributed by atoms with Crippen molar-refractivity contribution in [1.29, 1.82) is 0 Å². The van der Waals surface area contributed by atoms with Crippen LogP contribution < -0.4 is 0 Å². The van der Waals surface area contributed by atoms with Crippen molar-refractivity contribution >= 4 is 28.9 Å². The lowest BCUT2D eigenvalue weighted by Gasteiger charge is -1.97. The van der Waals surface area contributed by atoms with Crippen molar-refractivity contribution in [3.05, 3.63) is 39.2 Å². The second-order valence-electron chi connectivity index (χ2n) is 3.07. The van der Waals surface area contributed by atoms with Crippen molar-refractivity contribution in [2.75, 3.05) is 0 Å². The molecule has 0 atom stereocenters. The maximum atomic E-state index is 10.9. The molecular weight excluding hydrogens is 269 g/mol. The highest BCUT2D eigenvalue weighted by Crippen LogP contribution is 2.31. The van der Waals surface area contributed by atoms with Gasteiger partial charge in [-0.15, -0.1) is 11.6 Å². The van der Waals surface area contributed by atoms with Crippen LogP contribution in [0.4, 0.5) is 5.69 Å². The highest BCUT2D eigenvalue weighted by molar-refractivity contribution is 6.30. The van der Waals surface area contributed by atoms with Crippen LogP contribution in [0.15, 0.2) is 22.7 Å². The number of alkyl halides is 1. The van der Waals surface area contributed by atoms with Crippen LogP contribution in [0.1, 0.15) is 5.82 Å². The summed E-state index contributed by atoms with van der Waals surface area (Å²) in [6, 6.07) is 4.18. The predicted octanol–water partition coefficient (Wildman–Crippen LogP) is 3.04. The van der Waals surface area contributed by atoms with E-state index in [4.69, 9.17) is 27.7 Å². The fourth-order valence-corrected chi connectivity index (χ4v) is 1.53. The van der Waals surface area contributed by atoms with Gasteiger partial charge in [0, 0.05) is 11.1 Å². The maximum Gasteiger partial charge on any atom is 0.283 e. The van der Waals surface area contributed by atoms with Crippen molar-refractivity contribution in [2.24, 2.45) is 0 Å². The molecular formula is C9H5Cl2N3O3. The third-order valence-corrected chi connectivity index (χ3v) is 2.45. The number of halogens is 2. The molecule has 0 radical (unpaired) electrons. The van der Waals surface area contributed by atoms with Crippen molar-refractivity contribution < 1.29 is 9.45 Å². The van der Waals surface area contributed by atoms with Crippen LogP contribution >= 0.6 is 23.2 Å². The van der Waals surface area contributed by atoms with Crippen molar-refractivity contribution in [3.8, 4) is 11.5 Å². The van der Waals surface area contributed by atoms with Gasteiger partial charge < -0.3 is 4.52 Å². The molecule has 0 fully saturated rings. The molecule has 0 saturated carbocycles. The third-order valence-electron chi connectivity index (χ3n) is 1.97. The Morgan fingerprint density at radius 3 is 2.82 bits per heavy atom. The molecule has 88 valence electrons. The Balaban J connectivity index is 2.54. The molecule has 1 aromatic heterocycles. The van der Waals surface area contributed by atoms with E-state index >= 15 is 0 Å². The number of rotatable bonds is 3. The normalized spacial score (nSPS) is 10.5. The van der Waals surface area contributed by atoms with Gasteiger partial charge in [-0.25, -0.2) is 0 Å². The zero-order valence-electron chi connectivity index (χ0n) is 8.26. The number of hydrogen-bond acceptors (Lipinski definition) is 5. The van der Waals surface area contributed by atoms with Crippen molar-refractivity contribution in [1.82, 2.24) is 10.1 Å². The highest BCUT2D eigenvalue weighted by atomic mass is 35.5. The summed E-state index contributed by atoms with van der Waals surface area (Å²) in [5, 5.41) is 14.7. The minimum Gasteiger partial charge on any atom is -0.334 e. The number of hydrogen-bond donors (Lipinski definition) is 0. The number of benzene rings is 1. The first-order valence-electron chi connectivity index (χ1n) is 4.44. The van der Waals surface area contributed by atoms with Gasteiger partial charge in [0.25, 0.3) is 11.6 Å². The van der Waals surface area contributed by atoms with Crippen LogP contribution in [0.2, 0.25) is 5.02 Å². The zero-order chi connectivity index (χ0) is 12.4. The van der Waals surface area contributed by atoms with Gasteiger partial charge in [0.15, 0.2) is 5.82 Å². The Morgan fingerprint density at radius 1 is 1.47 bits per heavy atom.